The van der Waals surface area contributed by atoms with E-state index in [4.69, 9.17) is 20.8 Å². The van der Waals surface area contributed by atoms with Crippen molar-refractivity contribution in [3.8, 4) is 11.4 Å². The maximum atomic E-state index is 14.0. The number of nitrogens with zero attached hydrogens (tertiary/aromatic N) is 4. The van der Waals surface area contributed by atoms with Gasteiger partial charge in [0.05, 0.1) is 59.7 Å². The maximum absolute atomic E-state index is 14.0. The maximum Gasteiger partial charge on any atom is 0.416 e. The minimum absolute atomic E-state index is 0.117. The Bertz CT molecular complexity index is 1760. The van der Waals surface area contributed by atoms with Crippen molar-refractivity contribution in [3.63, 3.8) is 0 Å². The first-order valence-electron chi connectivity index (χ1n) is 15.0. The van der Waals surface area contributed by atoms with E-state index in [9.17, 15) is 26.3 Å². The summed E-state index contributed by atoms with van der Waals surface area (Å²) < 4.78 is 97.9. The van der Waals surface area contributed by atoms with E-state index < -0.39 is 43.9 Å². The molecular formula is C33H36ClF6N5O2Si. The van der Waals surface area contributed by atoms with Crippen LogP contribution in [-0.2, 0) is 16.8 Å². The highest BCUT2D eigenvalue weighted by Gasteiger charge is 2.43. The minimum atomic E-state index is -5.03. The Morgan fingerprint density at radius 3 is 2.19 bits per heavy atom. The first kappa shape index (κ1) is 35.6. The Hall–Kier alpha value is -3.75. The SMILES string of the molecule is COc1cc(C2NN=C3C2=CC(Cl)=CN3C(CO[Si](C)(C)C(C)(C)C)c2cc(C(F)(F)F)cc(C(F)(F)F)c2)ccc1-n1cnc(C)c1. The third kappa shape index (κ3) is 7.15. The molecule has 15 heteroatoms. The van der Waals surface area contributed by atoms with Gasteiger partial charge in [0.1, 0.15) is 5.75 Å². The third-order valence-electron chi connectivity index (χ3n) is 8.93. The summed E-state index contributed by atoms with van der Waals surface area (Å²) in [7, 11) is -1.00. The number of hydrogen-bond donors (Lipinski definition) is 1. The number of fused-ring (bicyclic) bond motifs is 1. The van der Waals surface area contributed by atoms with Crippen LogP contribution in [0.4, 0.5) is 26.3 Å². The molecule has 2 unspecified atom stereocenters. The fourth-order valence-corrected chi connectivity index (χ4v) is 6.50. The van der Waals surface area contributed by atoms with Crippen molar-refractivity contribution in [2.75, 3.05) is 13.7 Å². The number of aromatic nitrogens is 2. The van der Waals surface area contributed by atoms with Crippen LogP contribution in [-0.4, -0.2) is 42.3 Å². The monoisotopic (exact) mass is 711 g/mol. The topological polar surface area (TPSA) is 63.9 Å². The summed E-state index contributed by atoms with van der Waals surface area (Å²) in [5.74, 6) is 0.826. The highest BCUT2D eigenvalue weighted by molar-refractivity contribution is 6.74. The molecule has 0 bridgehead atoms. The van der Waals surface area contributed by atoms with Crippen molar-refractivity contribution in [1.82, 2.24) is 19.9 Å². The van der Waals surface area contributed by atoms with Gasteiger partial charge in [-0.1, -0.05) is 38.4 Å². The zero-order valence-corrected chi connectivity index (χ0v) is 29.1. The number of nitrogens with one attached hydrogen (secondary N) is 1. The summed E-state index contributed by atoms with van der Waals surface area (Å²) >= 11 is 6.63. The van der Waals surface area contributed by atoms with Crippen molar-refractivity contribution in [2.24, 2.45) is 5.10 Å². The number of aryl methyl sites for hydroxylation is 1. The molecule has 3 aromatic rings. The molecule has 7 nitrogen and oxygen atoms in total. The number of hydrazone groups is 1. The molecule has 0 aliphatic carbocycles. The Labute approximate surface area is 281 Å². The van der Waals surface area contributed by atoms with Crippen molar-refractivity contribution in [2.45, 2.75) is 70.3 Å². The second-order valence-electron chi connectivity index (χ2n) is 13.3. The summed E-state index contributed by atoms with van der Waals surface area (Å²) in [6.07, 6.45) is -3.42. The van der Waals surface area contributed by atoms with Crippen molar-refractivity contribution >= 4 is 25.8 Å². The van der Waals surface area contributed by atoms with E-state index in [2.05, 4.69) is 15.5 Å². The quantitative estimate of drug-likeness (QED) is 0.187. The van der Waals surface area contributed by atoms with Crippen LogP contribution >= 0.6 is 11.6 Å². The minimum Gasteiger partial charge on any atom is -0.495 e. The predicted octanol–water partition coefficient (Wildman–Crippen LogP) is 9.27. The van der Waals surface area contributed by atoms with Gasteiger partial charge >= 0.3 is 12.4 Å². The van der Waals surface area contributed by atoms with Crippen LogP contribution in [0.25, 0.3) is 5.69 Å². The fourth-order valence-electron chi connectivity index (χ4n) is 5.27. The molecule has 0 spiro atoms. The van der Waals surface area contributed by atoms with E-state index >= 15 is 0 Å². The number of benzene rings is 2. The van der Waals surface area contributed by atoms with E-state index in [1.54, 1.807) is 12.4 Å². The molecule has 2 atom stereocenters. The van der Waals surface area contributed by atoms with Crippen molar-refractivity contribution in [1.29, 1.82) is 0 Å². The number of hydrogen-bond acceptors (Lipinski definition) is 6. The van der Waals surface area contributed by atoms with Gasteiger partial charge < -0.3 is 18.6 Å². The second kappa shape index (κ2) is 12.6. The molecule has 0 amide bonds. The molecule has 2 aromatic carbocycles. The Morgan fingerprint density at radius 2 is 1.65 bits per heavy atom. The first-order valence-corrected chi connectivity index (χ1v) is 18.3. The van der Waals surface area contributed by atoms with E-state index in [0.717, 1.165) is 29.1 Å². The summed E-state index contributed by atoms with van der Waals surface area (Å²) in [5, 5.41) is 4.44. The molecule has 0 saturated heterocycles. The van der Waals surface area contributed by atoms with Gasteiger partial charge in [0.2, 0.25) is 0 Å². The largest absolute Gasteiger partial charge is 0.495 e. The van der Waals surface area contributed by atoms with Crippen LogP contribution < -0.4 is 10.2 Å². The fraction of sp³-hybridized carbons (Fsp3) is 0.394. The lowest BCUT2D eigenvalue weighted by Gasteiger charge is -2.40. The molecule has 1 aromatic heterocycles. The van der Waals surface area contributed by atoms with E-state index in [1.165, 1.54) is 18.2 Å². The van der Waals surface area contributed by atoms with Gasteiger partial charge in [0.15, 0.2) is 14.2 Å². The lowest BCUT2D eigenvalue weighted by Crippen LogP contribution is -2.44. The standard InChI is InChI=1S/C33H36ClF6N5O2Si/c1-19-15-44(18-41-19)26-9-8-20(12-28(26)46-5)29-25-14-24(34)16-45(30(25)43-42-29)27(17-47-48(6,7)31(2,3)4)21-10-22(32(35,36)37)13-23(11-21)33(38,39)40/h8-16,18,27,29,42H,17H2,1-7H3. The number of amidine groups is 1. The Balaban J connectivity index is 1.58. The molecule has 258 valence electrons. The van der Waals surface area contributed by atoms with E-state index in [1.807, 2.05) is 69.8 Å². The van der Waals surface area contributed by atoms with Crippen molar-refractivity contribution in [3.05, 3.63) is 99.8 Å². The Kier molecular flexibility index (Phi) is 9.34. The highest BCUT2D eigenvalue weighted by Crippen LogP contribution is 2.43. The van der Waals surface area contributed by atoms with Gasteiger partial charge in [0.25, 0.3) is 0 Å². The number of imidazole rings is 1. The lowest BCUT2D eigenvalue weighted by atomic mass is 9.94. The molecule has 2 aliphatic rings. The van der Waals surface area contributed by atoms with Crippen LogP contribution in [0.3, 0.4) is 0 Å². The van der Waals surface area contributed by atoms with Gasteiger partial charge in [-0.05, 0) is 72.6 Å². The van der Waals surface area contributed by atoms with Gasteiger partial charge in [-0.3, -0.25) is 5.43 Å². The number of halogens is 7. The van der Waals surface area contributed by atoms with Crippen LogP contribution in [0.15, 0.2) is 76.9 Å². The molecule has 0 fully saturated rings. The molecule has 1 N–H and O–H groups in total. The van der Waals surface area contributed by atoms with Crippen LogP contribution in [0, 0.1) is 6.92 Å². The zero-order chi connectivity index (χ0) is 35.4. The smallest absolute Gasteiger partial charge is 0.416 e. The number of ether oxygens (including phenoxy) is 1. The average Bonchev–Trinajstić information content (AvgIpc) is 3.61. The van der Waals surface area contributed by atoms with Gasteiger partial charge in [-0.25, -0.2) is 4.98 Å². The van der Waals surface area contributed by atoms with Crippen molar-refractivity contribution < 1.29 is 35.5 Å². The molecule has 3 heterocycles. The number of alkyl halides is 6. The highest BCUT2D eigenvalue weighted by atomic mass is 35.5. The summed E-state index contributed by atoms with van der Waals surface area (Å²) in [6, 6.07) is 5.40. The molecule has 2 aliphatic heterocycles. The van der Waals surface area contributed by atoms with E-state index in [-0.39, 0.29) is 34.1 Å². The summed E-state index contributed by atoms with van der Waals surface area (Å²) in [5.41, 5.74) is 2.85. The van der Waals surface area contributed by atoms with Gasteiger partial charge in [-0.15, -0.1) is 0 Å². The summed E-state index contributed by atoms with van der Waals surface area (Å²) in [4.78, 5) is 5.76. The molecule has 0 saturated carbocycles. The first-order chi connectivity index (χ1) is 22.2. The zero-order valence-electron chi connectivity index (χ0n) is 27.4. The molecule has 48 heavy (non-hydrogen) atoms. The molecule has 5 rings (SSSR count). The van der Waals surface area contributed by atoms with Crippen LogP contribution in [0.5, 0.6) is 5.75 Å². The van der Waals surface area contributed by atoms with Gasteiger partial charge in [0, 0.05) is 18.0 Å². The third-order valence-corrected chi connectivity index (χ3v) is 13.6. The summed E-state index contributed by atoms with van der Waals surface area (Å²) in [6.45, 7) is 11.5. The predicted molar refractivity (Wildman–Crippen MR) is 174 cm³/mol. The van der Waals surface area contributed by atoms with Crippen LogP contribution in [0.1, 0.15) is 60.8 Å². The van der Waals surface area contributed by atoms with Crippen LogP contribution in [0.2, 0.25) is 18.1 Å². The van der Waals surface area contributed by atoms with E-state index in [0.29, 0.717) is 11.3 Å². The normalized spacial score (nSPS) is 17.8. The molecular weight excluding hydrogens is 676 g/mol. The Morgan fingerprint density at radius 1 is 1.00 bits per heavy atom. The molecule has 0 radical (unpaired) electrons. The number of allylic oxidation sites excluding steroid dienone is 2. The number of methoxy groups -OCH3 is 1. The second-order valence-corrected chi connectivity index (χ2v) is 18.5. The number of rotatable bonds is 8. The lowest BCUT2D eigenvalue weighted by molar-refractivity contribution is -0.143. The average molecular weight is 712 g/mol. The van der Waals surface area contributed by atoms with Gasteiger partial charge in [-0.2, -0.15) is 31.4 Å².